The SMILES string of the molecule is Cc1c(NC(=O)CSC(C)c2ccccc2)cccc1C(=O)O. The molecule has 0 heterocycles. The summed E-state index contributed by atoms with van der Waals surface area (Å²) in [6, 6.07) is 14.9. The minimum atomic E-state index is -0.995. The Morgan fingerprint density at radius 2 is 1.83 bits per heavy atom. The summed E-state index contributed by atoms with van der Waals surface area (Å²) in [7, 11) is 0. The summed E-state index contributed by atoms with van der Waals surface area (Å²) < 4.78 is 0. The smallest absolute Gasteiger partial charge is 0.336 e. The number of anilines is 1. The van der Waals surface area contributed by atoms with Crippen molar-refractivity contribution in [1.82, 2.24) is 0 Å². The fourth-order valence-electron chi connectivity index (χ4n) is 2.21. The molecular weight excluding hydrogens is 310 g/mol. The topological polar surface area (TPSA) is 66.4 Å². The van der Waals surface area contributed by atoms with Crippen molar-refractivity contribution in [2.45, 2.75) is 19.1 Å². The lowest BCUT2D eigenvalue weighted by Crippen LogP contribution is -2.16. The zero-order chi connectivity index (χ0) is 16.8. The second-order valence-electron chi connectivity index (χ2n) is 5.20. The molecule has 0 bridgehead atoms. The third-order valence-electron chi connectivity index (χ3n) is 3.57. The summed E-state index contributed by atoms with van der Waals surface area (Å²) in [6.45, 7) is 3.75. The molecule has 1 amide bonds. The van der Waals surface area contributed by atoms with Crippen molar-refractivity contribution >= 4 is 29.3 Å². The van der Waals surface area contributed by atoms with Crippen LogP contribution in [0.4, 0.5) is 5.69 Å². The van der Waals surface area contributed by atoms with E-state index in [1.165, 1.54) is 11.6 Å². The molecule has 0 aromatic heterocycles. The number of hydrogen-bond acceptors (Lipinski definition) is 3. The molecule has 0 saturated heterocycles. The van der Waals surface area contributed by atoms with Crippen molar-refractivity contribution in [3.63, 3.8) is 0 Å². The number of carboxylic acids is 1. The van der Waals surface area contributed by atoms with Gasteiger partial charge in [-0.25, -0.2) is 4.79 Å². The van der Waals surface area contributed by atoms with Crippen molar-refractivity contribution in [1.29, 1.82) is 0 Å². The highest BCUT2D eigenvalue weighted by atomic mass is 32.2. The Bertz CT molecular complexity index is 701. The van der Waals surface area contributed by atoms with Crippen LogP contribution in [0.3, 0.4) is 0 Å². The first-order chi connectivity index (χ1) is 11.0. The lowest BCUT2D eigenvalue weighted by atomic mass is 10.1. The molecule has 0 aliphatic heterocycles. The van der Waals surface area contributed by atoms with E-state index in [2.05, 4.69) is 12.2 Å². The van der Waals surface area contributed by atoms with Gasteiger partial charge in [0.15, 0.2) is 0 Å². The maximum absolute atomic E-state index is 12.1. The first-order valence-corrected chi connectivity index (χ1v) is 8.33. The Kier molecular flexibility index (Phi) is 5.82. The summed E-state index contributed by atoms with van der Waals surface area (Å²) in [5.41, 5.74) is 2.49. The van der Waals surface area contributed by atoms with E-state index in [4.69, 9.17) is 5.11 Å². The Hall–Kier alpha value is -2.27. The van der Waals surface area contributed by atoms with Gasteiger partial charge in [0, 0.05) is 10.9 Å². The van der Waals surface area contributed by atoms with Crippen LogP contribution in [0.5, 0.6) is 0 Å². The lowest BCUT2D eigenvalue weighted by Gasteiger charge is -2.13. The quantitative estimate of drug-likeness (QED) is 0.836. The summed E-state index contributed by atoms with van der Waals surface area (Å²) >= 11 is 1.54. The van der Waals surface area contributed by atoms with Crippen LogP contribution in [0.2, 0.25) is 0 Å². The first kappa shape index (κ1) is 17.1. The van der Waals surface area contributed by atoms with Gasteiger partial charge in [0.2, 0.25) is 5.91 Å². The lowest BCUT2D eigenvalue weighted by molar-refractivity contribution is -0.113. The van der Waals surface area contributed by atoms with Gasteiger partial charge in [-0.05, 0) is 37.1 Å². The average Bonchev–Trinajstić information content (AvgIpc) is 2.55. The number of hydrogen-bond donors (Lipinski definition) is 2. The van der Waals surface area contributed by atoms with Gasteiger partial charge in [-0.3, -0.25) is 4.79 Å². The molecule has 23 heavy (non-hydrogen) atoms. The first-order valence-electron chi connectivity index (χ1n) is 7.28. The average molecular weight is 329 g/mol. The van der Waals surface area contributed by atoms with E-state index in [0.29, 0.717) is 17.0 Å². The molecule has 2 rings (SSSR count). The minimum absolute atomic E-state index is 0.136. The number of rotatable bonds is 6. The van der Waals surface area contributed by atoms with Crippen LogP contribution in [0, 0.1) is 6.92 Å². The number of thioether (sulfide) groups is 1. The maximum atomic E-state index is 12.1. The van der Waals surface area contributed by atoms with E-state index < -0.39 is 5.97 Å². The van der Waals surface area contributed by atoms with Crippen LogP contribution >= 0.6 is 11.8 Å². The van der Waals surface area contributed by atoms with Gasteiger partial charge < -0.3 is 10.4 Å². The van der Waals surface area contributed by atoms with Crippen LogP contribution < -0.4 is 5.32 Å². The van der Waals surface area contributed by atoms with E-state index in [0.717, 1.165) is 0 Å². The zero-order valence-electron chi connectivity index (χ0n) is 13.1. The predicted octanol–water partition coefficient (Wildman–Crippen LogP) is 4.13. The number of carbonyl (C=O) groups is 2. The molecule has 1 unspecified atom stereocenters. The van der Waals surface area contributed by atoms with Gasteiger partial charge in [0.05, 0.1) is 11.3 Å². The third kappa shape index (κ3) is 4.60. The van der Waals surface area contributed by atoms with Crippen LogP contribution in [0.1, 0.15) is 33.7 Å². The van der Waals surface area contributed by atoms with Crippen LogP contribution in [-0.2, 0) is 4.79 Å². The summed E-state index contributed by atoms with van der Waals surface area (Å²) in [5, 5.41) is 12.1. The van der Waals surface area contributed by atoms with E-state index in [9.17, 15) is 9.59 Å². The molecular formula is C18H19NO3S. The molecule has 2 aromatic rings. The summed E-state index contributed by atoms with van der Waals surface area (Å²) in [6.07, 6.45) is 0. The van der Waals surface area contributed by atoms with E-state index >= 15 is 0 Å². The Morgan fingerprint density at radius 3 is 2.48 bits per heavy atom. The molecule has 0 spiro atoms. The standard InChI is InChI=1S/C18H19NO3S/c1-12-15(18(21)22)9-6-10-16(12)19-17(20)11-23-13(2)14-7-4-3-5-8-14/h3-10,13H,11H2,1-2H3,(H,19,20)(H,21,22). The van der Waals surface area contributed by atoms with Crippen molar-refractivity contribution in [3.8, 4) is 0 Å². The molecule has 2 aromatic carbocycles. The van der Waals surface area contributed by atoms with Crippen LogP contribution in [0.25, 0.3) is 0 Å². The van der Waals surface area contributed by atoms with Crippen molar-refractivity contribution in [2.75, 3.05) is 11.1 Å². The zero-order valence-corrected chi connectivity index (χ0v) is 13.9. The Labute approximate surface area is 139 Å². The Morgan fingerprint density at radius 1 is 1.13 bits per heavy atom. The summed E-state index contributed by atoms with van der Waals surface area (Å²) in [5.74, 6) is -0.818. The van der Waals surface area contributed by atoms with E-state index in [1.54, 1.807) is 30.8 Å². The normalized spacial score (nSPS) is 11.7. The van der Waals surface area contributed by atoms with Crippen molar-refractivity contribution in [2.24, 2.45) is 0 Å². The van der Waals surface area contributed by atoms with Gasteiger partial charge in [-0.15, -0.1) is 11.8 Å². The highest BCUT2D eigenvalue weighted by Gasteiger charge is 2.13. The minimum Gasteiger partial charge on any atom is -0.478 e. The monoisotopic (exact) mass is 329 g/mol. The highest BCUT2D eigenvalue weighted by molar-refractivity contribution is 8.00. The molecule has 2 N–H and O–H groups in total. The number of carbonyl (C=O) groups excluding carboxylic acids is 1. The molecule has 0 radical (unpaired) electrons. The number of nitrogens with one attached hydrogen (secondary N) is 1. The number of carboxylic acid groups (broad SMARTS) is 1. The number of aromatic carboxylic acids is 1. The maximum Gasteiger partial charge on any atom is 0.336 e. The molecule has 5 heteroatoms. The largest absolute Gasteiger partial charge is 0.478 e. The van der Waals surface area contributed by atoms with Gasteiger partial charge in [-0.1, -0.05) is 36.4 Å². The van der Waals surface area contributed by atoms with Gasteiger partial charge in [0.25, 0.3) is 0 Å². The van der Waals surface area contributed by atoms with Crippen LogP contribution in [-0.4, -0.2) is 22.7 Å². The fraction of sp³-hybridized carbons (Fsp3) is 0.222. The second kappa shape index (κ2) is 7.83. The second-order valence-corrected chi connectivity index (χ2v) is 6.52. The third-order valence-corrected chi connectivity index (χ3v) is 4.77. The van der Waals surface area contributed by atoms with Crippen LogP contribution in [0.15, 0.2) is 48.5 Å². The van der Waals surface area contributed by atoms with Gasteiger partial charge >= 0.3 is 5.97 Å². The van der Waals surface area contributed by atoms with E-state index in [-0.39, 0.29) is 16.7 Å². The number of amides is 1. The molecule has 0 fully saturated rings. The molecule has 1 atom stereocenters. The molecule has 0 aliphatic carbocycles. The fourth-order valence-corrected chi connectivity index (χ4v) is 3.03. The molecule has 0 aliphatic rings. The summed E-state index contributed by atoms with van der Waals surface area (Å²) in [4.78, 5) is 23.2. The predicted molar refractivity (Wildman–Crippen MR) is 94.1 cm³/mol. The van der Waals surface area contributed by atoms with Gasteiger partial charge in [0.1, 0.15) is 0 Å². The molecule has 0 saturated carbocycles. The molecule has 4 nitrogen and oxygen atoms in total. The molecule has 120 valence electrons. The highest BCUT2D eigenvalue weighted by Crippen LogP contribution is 2.28. The van der Waals surface area contributed by atoms with E-state index in [1.807, 2.05) is 30.3 Å². The van der Waals surface area contributed by atoms with Crippen molar-refractivity contribution < 1.29 is 14.7 Å². The van der Waals surface area contributed by atoms with Gasteiger partial charge in [-0.2, -0.15) is 0 Å². The van der Waals surface area contributed by atoms with Crippen molar-refractivity contribution in [3.05, 3.63) is 65.2 Å². The Balaban J connectivity index is 1.95. The number of benzene rings is 2.